The quantitative estimate of drug-likeness (QED) is 0.688. The fourth-order valence-electron chi connectivity index (χ4n) is 1.26. The summed E-state index contributed by atoms with van der Waals surface area (Å²) < 4.78 is 5.04. The molecule has 0 bridgehead atoms. The molecule has 1 atom stereocenters. The molecule has 0 fully saturated rings. The van der Waals surface area contributed by atoms with Crippen LogP contribution in [0.15, 0.2) is 0 Å². The third kappa shape index (κ3) is 4.67. The molecule has 0 aliphatic heterocycles. The summed E-state index contributed by atoms with van der Waals surface area (Å²) in [6.45, 7) is 2.27. The maximum atomic E-state index is 5.04. The van der Waals surface area contributed by atoms with Crippen molar-refractivity contribution in [2.75, 3.05) is 27.3 Å². The molecule has 0 amide bonds. The maximum Gasteiger partial charge on any atom is 0.188 e. The molecule has 0 aliphatic rings. The van der Waals surface area contributed by atoms with E-state index in [1.165, 1.54) is 4.80 Å². The maximum absolute atomic E-state index is 5.04. The van der Waals surface area contributed by atoms with E-state index >= 15 is 0 Å². The summed E-state index contributed by atoms with van der Waals surface area (Å²) in [6.07, 6.45) is 0. The number of tetrazole rings is 1. The number of hydrogen-bond acceptors (Lipinski definition) is 5. The van der Waals surface area contributed by atoms with Gasteiger partial charge in [-0.1, -0.05) is 15.9 Å². The summed E-state index contributed by atoms with van der Waals surface area (Å²) in [5.41, 5.74) is 0. The molecule has 0 aromatic carbocycles. The van der Waals surface area contributed by atoms with Crippen molar-refractivity contribution in [3.63, 3.8) is 0 Å². The van der Waals surface area contributed by atoms with E-state index in [1.807, 2.05) is 7.05 Å². The zero-order valence-corrected chi connectivity index (χ0v) is 10.8. The summed E-state index contributed by atoms with van der Waals surface area (Å²) in [6, 6.07) is 0. The molecule has 0 saturated heterocycles. The van der Waals surface area contributed by atoms with E-state index in [2.05, 4.69) is 36.2 Å². The lowest BCUT2D eigenvalue weighted by Crippen LogP contribution is -2.28. The minimum Gasteiger partial charge on any atom is -0.383 e. The summed E-state index contributed by atoms with van der Waals surface area (Å²) in [7, 11) is 5.47. The summed E-state index contributed by atoms with van der Waals surface area (Å²) >= 11 is 3.53. The zero-order chi connectivity index (χ0) is 11.3. The molecule has 1 rings (SSSR count). The summed E-state index contributed by atoms with van der Waals surface area (Å²) in [5.74, 6) is 0.733. The first-order valence-corrected chi connectivity index (χ1v) is 5.57. The van der Waals surface area contributed by atoms with Crippen LogP contribution in [0.1, 0.15) is 5.82 Å². The van der Waals surface area contributed by atoms with Crippen molar-refractivity contribution in [1.29, 1.82) is 0 Å². The average Bonchev–Trinajstić information content (AvgIpc) is 2.51. The van der Waals surface area contributed by atoms with Gasteiger partial charge in [0.05, 0.1) is 25.0 Å². The van der Waals surface area contributed by atoms with E-state index < -0.39 is 0 Å². The number of nitrogens with zero attached hydrogens (tertiary/aromatic N) is 5. The first kappa shape index (κ1) is 12.5. The number of aryl methyl sites for hydroxylation is 1. The van der Waals surface area contributed by atoms with Gasteiger partial charge in [-0.25, -0.2) is 0 Å². The standard InChI is InChI=1S/C8H16BrN5O/c1-13(4-7(9)6-15-3)5-8-10-12-14(2)11-8/h7H,4-6H2,1-3H3. The molecule has 6 nitrogen and oxygen atoms in total. The molecule has 0 N–H and O–H groups in total. The van der Waals surface area contributed by atoms with Crippen LogP contribution in [0.2, 0.25) is 0 Å². The Hall–Kier alpha value is -0.530. The van der Waals surface area contributed by atoms with E-state index in [1.54, 1.807) is 14.2 Å². The van der Waals surface area contributed by atoms with E-state index in [4.69, 9.17) is 4.74 Å². The second-order valence-corrected chi connectivity index (χ2v) is 4.74. The highest BCUT2D eigenvalue weighted by molar-refractivity contribution is 9.09. The predicted molar refractivity (Wildman–Crippen MR) is 59.7 cm³/mol. The monoisotopic (exact) mass is 277 g/mol. The lowest BCUT2D eigenvalue weighted by atomic mass is 10.4. The fourth-order valence-corrected chi connectivity index (χ4v) is 2.02. The lowest BCUT2D eigenvalue weighted by Gasteiger charge is -2.17. The van der Waals surface area contributed by atoms with Gasteiger partial charge in [-0.05, 0) is 12.3 Å². The van der Waals surface area contributed by atoms with Crippen LogP contribution in [-0.4, -0.2) is 57.2 Å². The Labute approximate surface area is 97.7 Å². The predicted octanol–water partition coefficient (Wildman–Crippen LogP) is 0.0518. The summed E-state index contributed by atoms with van der Waals surface area (Å²) in [5, 5.41) is 11.8. The molecule has 0 spiro atoms. The van der Waals surface area contributed by atoms with Gasteiger partial charge in [-0.2, -0.15) is 4.80 Å². The van der Waals surface area contributed by atoms with E-state index in [-0.39, 0.29) is 0 Å². The summed E-state index contributed by atoms with van der Waals surface area (Å²) in [4.78, 5) is 3.91. The van der Waals surface area contributed by atoms with Crippen LogP contribution in [0.3, 0.4) is 0 Å². The number of hydrogen-bond donors (Lipinski definition) is 0. The Morgan fingerprint density at radius 3 is 2.87 bits per heavy atom. The second kappa shape index (κ2) is 6.14. The Morgan fingerprint density at radius 1 is 1.60 bits per heavy atom. The highest BCUT2D eigenvalue weighted by Crippen LogP contribution is 2.03. The molecule has 0 saturated carbocycles. The molecule has 0 aliphatic carbocycles. The van der Waals surface area contributed by atoms with Gasteiger partial charge in [0.25, 0.3) is 0 Å². The van der Waals surface area contributed by atoms with Gasteiger partial charge in [0.1, 0.15) is 0 Å². The van der Waals surface area contributed by atoms with Gasteiger partial charge in [0.2, 0.25) is 0 Å². The molecule has 15 heavy (non-hydrogen) atoms. The van der Waals surface area contributed by atoms with E-state index in [9.17, 15) is 0 Å². The highest BCUT2D eigenvalue weighted by atomic mass is 79.9. The van der Waals surface area contributed by atoms with Gasteiger partial charge in [0, 0.05) is 13.7 Å². The molecule has 0 radical (unpaired) electrons. The first-order chi connectivity index (χ1) is 7.11. The van der Waals surface area contributed by atoms with Crippen LogP contribution >= 0.6 is 15.9 Å². The topological polar surface area (TPSA) is 56.1 Å². The van der Waals surface area contributed by atoms with Crippen molar-refractivity contribution in [2.24, 2.45) is 7.05 Å². The van der Waals surface area contributed by atoms with Crippen LogP contribution < -0.4 is 0 Å². The Bertz CT molecular complexity index is 292. The van der Waals surface area contributed by atoms with Crippen molar-refractivity contribution in [1.82, 2.24) is 25.1 Å². The highest BCUT2D eigenvalue weighted by Gasteiger charge is 2.10. The van der Waals surface area contributed by atoms with Crippen LogP contribution in [0, 0.1) is 0 Å². The lowest BCUT2D eigenvalue weighted by molar-refractivity contribution is 0.184. The molecule has 1 heterocycles. The second-order valence-electron chi connectivity index (χ2n) is 3.44. The molecule has 7 heteroatoms. The van der Waals surface area contributed by atoms with Crippen LogP contribution in [0.4, 0.5) is 0 Å². The van der Waals surface area contributed by atoms with Crippen LogP contribution in [-0.2, 0) is 18.3 Å². The normalized spacial score (nSPS) is 13.4. The van der Waals surface area contributed by atoms with E-state index in [0.717, 1.165) is 12.4 Å². The largest absolute Gasteiger partial charge is 0.383 e. The number of rotatable bonds is 6. The Balaban J connectivity index is 2.32. The third-order valence-electron chi connectivity index (χ3n) is 1.82. The fraction of sp³-hybridized carbons (Fsp3) is 0.875. The minimum absolute atomic E-state index is 0.323. The van der Waals surface area contributed by atoms with Gasteiger partial charge < -0.3 is 4.74 Å². The SMILES string of the molecule is COCC(Br)CN(C)Cc1nnn(C)n1. The van der Waals surface area contributed by atoms with Gasteiger partial charge in [-0.15, -0.1) is 10.2 Å². The molecule has 1 unspecified atom stereocenters. The average molecular weight is 278 g/mol. The van der Waals surface area contributed by atoms with Gasteiger partial charge in [0.15, 0.2) is 5.82 Å². The van der Waals surface area contributed by atoms with Gasteiger partial charge >= 0.3 is 0 Å². The minimum atomic E-state index is 0.323. The van der Waals surface area contributed by atoms with Crippen molar-refractivity contribution in [2.45, 2.75) is 11.4 Å². The zero-order valence-electron chi connectivity index (χ0n) is 9.22. The number of alkyl halides is 1. The Kier molecular flexibility index (Phi) is 5.13. The Morgan fingerprint density at radius 2 is 2.33 bits per heavy atom. The number of methoxy groups -OCH3 is 1. The number of halogens is 1. The molecule has 86 valence electrons. The molecular formula is C8H16BrN5O. The van der Waals surface area contributed by atoms with Crippen molar-refractivity contribution < 1.29 is 4.74 Å². The molecular weight excluding hydrogens is 262 g/mol. The van der Waals surface area contributed by atoms with Crippen LogP contribution in [0.5, 0.6) is 0 Å². The first-order valence-electron chi connectivity index (χ1n) is 4.66. The smallest absolute Gasteiger partial charge is 0.188 e. The van der Waals surface area contributed by atoms with Crippen molar-refractivity contribution >= 4 is 15.9 Å². The van der Waals surface area contributed by atoms with Gasteiger partial charge in [-0.3, -0.25) is 4.90 Å². The van der Waals surface area contributed by atoms with Crippen molar-refractivity contribution in [3.05, 3.63) is 5.82 Å². The number of ether oxygens (including phenoxy) is 1. The third-order valence-corrected chi connectivity index (χ3v) is 2.37. The molecule has 1 aromatic rings. The molecule has 1 aromatic heterocycles. The van der Waals surface area contributed by atoms with Crippen molar-refractivity contribution in [3.8, 4) is 0 Å². The number of aromatic nitrogens is 4. The van der Waals surface area contributed by atoms with E-state index in [0.29, 0.717) is 18.0 Å². The van der Waals surface area contributed by atoms with Crippen LogP contribution in [0.25, 0.3) is 0 Å².